The fraction of sp³-hybridized carbons (Fsp3) is 0.923. The summed E-state index contributed by atoms with van der Waals surface area (Å²) in [5.74, 6) is 0. The van der Waals surface area contributed by atoms with Gasteiger partial charge in [0.2, 0.25) is 0 Å². The van der Waals surface area contributed by atoms with Gasteiger partial charge in [0.05, 0.1) is 13.2 Å². The lowest BCUT2D eigenvalue weighted by atomic mass is 10.0. The summed E-state index contributed by atoms with van der Waals surface area (Å²) < 4.78 is 11.1. The minimum atomic E-state index is -1.000. The molecule has 3 N–H and O–H groups in total. The summed E-state index contributed by atoms with van der Waals surface area (Å²) in [6, 6.07) is 0. The van der Waals surface area contributed by atoms with Crippen molar-refractivity contribution < 1.29 is 24.8 Å². The molecule has 1 aliphatic rings. The molecule has 0 aromatic rings. The van der Waals surface area contributed by atoms with Crippen LogP contribution in [-0.2, 0) is 9.47 Å². The van der Waals surface area contributed by atoms with Gasteiger partial charge in [0.15, 0.2) is 0 Å². The lowest BCUT2D eigenvalue weighted by molar-refractivity contribution is -0.0938. The Morgan fingerprint density at radius 3 is 1.87 bits per heavy atom. The molecule has 0 amide bonds. The normalized spacial score (nSPS) is 22.5. The first-order valence-electron chi connectivity index (χ1n) is 13.1. The van der Waals surface area contributed by atoms with Crippen LogP contribution in [-0.4, -0.2) is 59.6 Å². The van der Waals surface area contributed by atoms with E-state index in [1.807, 2.05) is 0 Å². The summed E-state index contributed by atoms with van der Waals surface area (Å²) in [4.78, 5) is 0. The number of rotatable bonds is 21. The van der Waals surface area contributed by atoms with Gasteiger partial charge < -0.3 is 24.8 Å². The first kappa shape index (κ1) is 28.6. The van der Waals surface area contributed by atoms with E-state index in [0.717, 1.165) is 19.3 Å². The molecule has 0 unspecified atom stereocenters. The van der Waals surface area contributed by atoms with Crippen LogP contribution >= 0.6 is 0 Å². The molecule has 1 aliphatic heterocycles. The number of hydrogen-bond acceptors (Lipinski definition) is 5. The minimum absolute atomic E-state index is 0.156. The summed E-state index contributed by atoms with van der Waals surface area (Å²) in [5, 5.41) is 28.7. The summed E-state index contributed by atoms with van der Waals surface area (Å²) in [6.45, 7) is 2.53. The molecule has 0 spiro atoms. The zero-order chi connectivity index (χ0) is 22.6. The molecule has 0 aliphatic carbocycles. The third-order valence-corrected chi connectivity index (χ3v) is 6.21. The van der Waals surface area contributed by atoms with Crippen LogP contribution in [0.2, 0.25) is 0 Å². The SMILES string of the molecule is CC/C=C/CCCCCCCCCCCCCCCCO[C@H]1[C@@H]([C@@H](O)CO)OC[C@H]1O. The van der Waals surface area contributed by atoms with Gasteiger partial charge in [0.1, 0.15) is 24.4 Å². The Balaban J connectivity index is 1.80. The Morgan fingerprint density at radius 1 is 0.839 bits per heavy atom. The van der Waals surface area contributed by atoms with E-state index in [4.69, 9.17) is 14.6 Å². The van der Waals surface area contributed by atoms with Gasteiger partial charge in [-0.15, -0.1) is 0 Å². The second-order valence-electron chi connectivity index (χ2n) is 9.07. The van der Waals surface area contributed by atoms with Crippen LogP contribution in [0.4, 0.5) is 0 Å². The molecule has 184 valence electrons. The largest absolute Gasteiger partial charge is 0.394 e. The fourth-order valence-electron chi connectivity index (χ4n) is 4.25. The van der Waals surface area contributed by atoms with Crippen molar-refractivity contribution in [3.05, 3.63) is 12.2 Å². The van der Waals surface area contributed by atoms with E-state index in [1.165, 1.54) is 83.5 Å². The maximum absolute atomic E-state index is 9.91. The molecule has 1 fully saturated rings. The zero-order valence-electron chi connectivity index (χ0n) is 20.1. The quantitative estimate of drug-likeness (QED) is 0.166. The minimum Gasteiger partial charge on any atom is -0.394 e. The van der Waals surface area contributed by atoms with Crippen molar-refractivity contribution in [3.63, 3.8) is 0 Å². The Hall–Kier alpha value is -0.460. The summed E-state index contributed by atoms with van der Waals surface area (Å²) >= 11 is 0. The van der Waals surface area contributed by atoms with Crippen LogP contribution in [0.5, 0.6) is 0 Å². The van der Waals surface area contributed by atoms with E-state index in [1.54, 1.807) is 0 Å². The lowest BCUT2D eigenvalue weighted by Crippen LogP contribution is -2.42. The number of aliphatic hydroxyl groups is 3. The molecule has 0 aromatic carbocycles. The Morgan fingerprint density at radius 2 is 1.35 bits per heavy atom. The molecule has 5 nitrogen and oxygen atoms in total. The van der Waals surface area contributed by atoms with Crippen LogP contribution < -0.4 is 0 Å². The van der Waals surface area contributed by atoms with E-state index in [0.29, 0.717) is 6.61 Å². The summed E-state index contributed by atoms with van der Waals surface area (Å²) in [6.07, 6.45) is 22.5. The van der Waals surface area contributed by atoms with Gasteiger partial charge in [-0.25, -0.2) is 0 Å². The predicted molar refractivity (Wildman–Crippen MR) is 127 cm³/mol. The highest BCUT2D eigenvalue weighted by Crippen LogP contribution is 2.21. The maximum atomic E-state index is 9.91. The number of hydrogen-bond donors (Lipinski definition) is 3. The number of unbranched alkanes of at least 4 members (excludes halogenated alkanes) is 14. The first-order chi connectivity index (χ1) is 15.2. The van der Waals surface area contributed by atoms with Crippen molar-refractivity contribution in [1.82, 2.24) is 0 Å². The van der Waals surface area contributed by atoms with Crippen LogP contribution in [0.1, 0.15) is 110 Å². The van der Waals surface area contributed by atoms with Crippen molar-refractivity contribution in [2.75, 3.05) is 19.8 Å². The number of ether oxygens (including phenoxy) is 2. The average molecular weight is 443 g/mol. The van der Waals surface area contributed by atoms with Crippen LogP contribution in [0.3, 0.4) is 0 Å². The highest BCUT2D eigenvalue weighted by molar-refractivity contribution is 4.89. The van der Waals surface area contributed by atoms with Crippen LogP contribution in [0.15, 0.2) is 12.2 Å². The lowest BCUT2D eigenvalue weighted by Gasteiger charge is -2.23. The Bertz CT molecular complexity index is 415. The van der Waals surface area contributed by atoms with Gasteiger partial charge in [0, 0.05) is 6.61 Å². The van der Waals surface area contributed by atoms with Gasteiger partial charge in [0.25, 0.3) is 0 Å². The predicted octanol–water partition coefficient (Wildman–Crippen LogP) is 5.30. The van der Waals surface area contributed by atoms with E-state index < -0.39 is 24.4 Å². The van der Waals surface area contributed by atoms with Crippen LogP contribution in [0, 0.1) is 0 Å². The van der Waals surface area contributed by atoms with Crippen molar-refractivity contribution >= 4 is 0 Å². The van der Waals surface area contributed by atoms with Gasteiger partial charge in [-0.1, -0.05) is 96.1 Å². The highest BCUT2D eigenvalue weighted by Gasteiger charge is 2.40. The fourth-order valence-corrected chi connectivity index (χ4v) is 4.25. The monoisotopic (exact) mass is 442 g/mol. The van der Waals surface area contributed by atoms with Gasteiger partial charge in [-0.05, 0) is 25.7 Å². The average Bonchev–Trinajstić information content (AvgIpc) is 3.15. The van der Waals surface area contributed by atoms with E-state index in [2.05, 4.69) is 19.1 Å². The van der Waals surface area contributed by atoms with E-state index in [9.17, 15) is 10.2 Å². The van der Waals surface area contributed by atoms with Gasteiger partial charge in [-0.2, -0.15) is 0 Å². The smallest absolute Gasteiger partial charge is 0.114 e. The topological polar surface area (TPSA) is 79.2 Å². The standard InChI is InChI=1S/C26H50O5/c1-2-3-4-5-6-7-8-9-10-11-12-13-14-15-16-17-18-19-20-30-26-24(29)22-31-25(26)23(28)21-27/h3-4,23-29H,2,5-22H2,1H3/b4-3+/t23-,24+,25+,26+/m0/s1. The highest BCUT2D eigenvalue weighted by atomic mass is 16.6. The maximum Gasteiger partial charge on any atom is 0.114 e. The molecule has 1 saturated heterocycles. The molecule has 5 heteroatoms. The molecular formula is C26H50O5. The van der Waals surface area contributed by atoms with E-state index in [-0.39, 0.29) is 13.2 Å². The zero-order valence-corrected chi connectivity index (χ0v) is 20.1. The van der Waals surface area contributed by atoms with Gasteiger partial charge >= 0.3 is 0 Å². The number of aliphatic hydroxyl groups excluding tert-OH is 3. The molecular weight excluding hydrogens is 392 g/mol. The third-order valence-electron chi connectivity index (χ3n) is 6.21. The Kier molecular flexibility index (Phi) is 18.6. The van der Waals surface area contributed by atoms with Gasteiger partial charge in [-0.3, -0.25) is 0 Å². The van der Waals surface area contributed by atoms with Crippen molar-refractivity contribution in [2.24, 2.45) is 0 Å². The summed E-state index contributed by atoms with van der Waals surface area (Å²) in [5.41, 5.74) is 0. The molecule has 1 heterocycles. The van der Waals surface area contributed by atoms with Crippen molar-refractivity contribution in [1.29, 1.82) is 0 Å². The van der Waals surface area contributed by atoms with Crippen LogP contribution in [0.25, 0.3) is 0 Å². The molecule has 0 saturated carbocycles. The molecule has 4 atom stereocenters. The first-order valence-corrected chi connectivity index (χ1v) is 13.1. The molecule has 0 aromatic heterocycles. The molecule has 31 heavy (non-hydrogen) atoms. The second kappa shape index (κ2) is 20.2. The molecule has 0 bridgehead atoms. The third kappa shape index (κ3) is 14.3. The molecule has 1 rings (SSSR count). The summed E-state index contributed by atoms with van der Waals surface area (Å²) in [7, 11) is 0. The van der Waals surface area contributed by atoms with E-state index >= 15 is 0 Å². The number of allylic oxidation sites excluding steroid dienone is 2. The Labute approximate surface area is 191 Å². The molecule has 0 radical (unpaired) electrons. The van der Waals surface area contributed by atoms with Crippen molar-refractivity contribution in [3.8, 4) is 0 Å². The second-order valence-corrected chi connectivity index (χ2v) is 9.07. The van der Waals surface area contributed by atoms with Crippen molar-refractivity contribution in [2.45, 2.75) is 134 Å².